The van der Waals surface area contributed by atoms with E-state index in [1.165, 1.54) is 4.57 Å². The van der Waals surface area contributed by atoms with Crippen molar-refractivity contribution in [3.05, 3.63) is 94.4 Å². The highest BCUT2D eigenvalue weighted by atomic mass is 16.6. The number of nitrogens with zero attached hydrogens (tertiary/aromatic N) is 3. The second-order valence-corrected chi connectivity index (χ2v) is 10.0. The molecule has 2 heterocycles. The lowest BCUT2D eigenvalue weighted by Gasteiger charge is -2.45. The van der Waals surface area contributed by atoms with E-state index in [9.17, 15) is 14.9 Å². The molecule has 35 heavy (non-hydrogen) atoms. The molecule has 4 rings (SSSR count). The first kappa shape index (κ1) is 24.3. The maximum Gasteiger partial charge on any atom is 0.411 e. The predicted octanol–water partition coefficient (Wildman–Crippen LogP) is 5.79. The molecule has 1 aliphatic heterocycles. The molecule has 1 unspecified atom stereocenters. The molecule has 0 saturated carbocycles. The Morgan fingerprint density at radius 1 is 1.06 bits per heavy atom. The van der Waals surface area contributed by atoms with Crippen molar-refractivity contribution < 1.29 is 9.53 Å². The molecule has 2 aromatic carbocycles. The zero-order valence-corrected chi connectivity index (χ0v) is 20.7. The minimum atomic E-state index is -0.836. The van der Waals surface area contributed by atoms with Gasteiger partial charge in [-0.1, -0.05) is 54.6 Å². The van der Waals surface area contributed by atoms with Gasteiger partial charge in [-0.25, -0.2) is 4.79 Å². The molecule has 0 radical (unpaired) electrons. The highest BCUT2D eigenvalue weighted by molar-refractivity contribution is 5.70. The molecule has 1 amide bonds. The smallest absolute Gasteiger partial charge is 0.411 e. The van der Waals surface area contributed by atoms with E-state index in [4.69, 9.17) is 4.74 Å². The number of aryl methyl sites for hydroxylation is 1. The molecular formula is C29H31N3O3. The van der Waals surface area contributed by atoms with E-state index in [0.29, 0.717) is 19.4 Å². The molecule has 1 fully saturated rings. The largest absolute Gasteiger partial charge is 0.438 e. The number of rotatable bonds is 6. The molecule has 0 aliphatic carbocycles. The van der Waals surface area contributed by atoms with E-state index >= 15 is 0 Å². The molecular weight excluding hydrogens is 438 g/mol. The van der Waals surface area contributed by atoms with E-state index in [-0.39, 0.29) is 17.7 Å². The van der Waals surface area contributed by atoms with Gasteiger partial charge in [-0.15, -0.1) is 0 Å². The van der Waals surface area contributed by atoms with Crippen LogP contribution in [0.1, 0.15) is 50.8 Å². The van der Waals surface area contributed by atoms with Crippen LogP contribution in [-0.4, -0.2) is 22.1 Å². The number of hydrogen-bond donors (Lipinski definition) is 0. The maximum atomic E-state index is 13.3. The van der Waals surface area contributed by atoms with Crippen LogP contribution in [0, 0.1) is 16.7 Å². The lowest BCUT2D eigenvalue weighted by atomic mass is 9.75. The van der Waals surface area contributed by atoms with Crippen molar-refractivity contribution in [2.45, 2.75) is 45.3 Å². The minimum Gasteiger partial charge on any atom is -0.438 e. The van der Waals surface area contributed by atoms with Gasteiger partial charge in [0, 0.05) is 38.7 Å². The van der Waals surface area contributed by atoms with Gasteiger partial charge in [-0.2, -0.15) is 5.26 Å². The van der Waals surface area contributed by atoms with Gasteiger partial charge in [-0.05, 0) is 49.1 Å². The number of ether oxygens (including phenoxy) is 1. The number of carbonyl (C=O) groups is 1. The minimum absolute atomic E-state index is 0.0579. The average Bonchev–Trinajstić information content (AvgIpc) is 2.86. The fourth-order valence-electron chi connectivity index (χ4n) is 4.81. The Balaban J connectivity index is 1.55. The summed E-state index contributed by atoms with van der Waals surface area (Å²) in [5, 5.41) is 9.65. The Morgan fingerprint density at radius 3 is 2.34 bits per heavy atom. The highest BCUT2D eigenvalue weighted by Crippen LogP contribution is 2.44. The van der Waals surface area contributed by atoms with Crippen LogP contribution in [-0.2, 0) is 17.4 Å². The maximum absolute atomic E-state index is 13.3. The van der Waals surface area contributed by atoms with E-state index in [2.05, 4.69) is 6.07 Å². The standard InChI is InChI=1S/C29H31N3O3/c1-21(22-10-12-23(13-11-22)24-14-16-31(4)26(33)18-24)32-17-15-29(35-27(32)34,19-28(2,3)20-30)25-8-6-5-7-9-25/h5-14,16,18,21H,15,17,19H2,1-4H3/t21-,29?/m0/s1. The Morgan fingerprint density at radius 2 is 1.74 bits per heavy atom. The van der Waals surface area contributed by atoms with Gasteiger partial charge in [-0.3, -0.25) is 4.79 Å². The van der Waals surface area contributed by atoms with Crippen molar-refractivity contribution in [1.29, 1.82) is 5.26 Å². The molecule has 1 aromatic heterocycles. The topological polar surface area (TPSA) is 75.3 Å². The lowest BCUT2D eigenvalue weighted by Crippen LogP contribution is -2.50. The van der Waals surface area contributed by atoms with Crippen molar-refractivity contribution in [2.75, 3.05) is 6.54 Å². The number of carbonyl (C=O) groups excluding carboxylic acids is 1. The zero-order valence-electron chi connectivity index (χ0n) is 20.7. The molecule has 1 saturated heterocycles. The molecule has 0 N–H and O–H groups in total. The summed E-state index contributed by atoms with van der Waals surface area (Å²) in [5.41, 5.74) is 2.17. The van der Waals surface area contributed by atoms with Crippen LogP contribution in [0.15, 0.2) is 77.7 Å². The molecule has 2 atom stereocenters. The van der Waals surface area contributed by atoms with Crippen LogP contribution in [0.5, 0.6) is 0 Å². The summed E-state index contributed by atoms with van der Waals surface area (Å²) in [6.45, 7) is 6.27. The SMILES string of the molecule is C[C@@H](c1ccc(-c2ccn(C)c(=O)c2)cc1)N1CCC(CC(C)(C)C#N)(c2ccccc2)OC1=O. The van der Waals surface area contributed by atoms with Gasteiger partial charge in [0.25, 0.3) is 5.56 Å². The Bertz CT molecular complexity index is 1310. The predicted molar refractivity (Wildman–Crippen MR) is 135 cm³/mol. The van der Waals surface area contributed by atoms with E-state index in [0.717, 1.165) is 22.3 Å². The summed E-state index contributed by atoms with van der Waals surface area (Å²) < 4.78 is 7.71. The van der Waals surface area contributed by atoms with Crippen LogP contribution < -0.4 is 5.56 Å². The third kappa shape index (κ3) is 5.00. The summed E-state index contributed by atoms with van der Waals surface area (Å²) in [6, 6.07) is 23.4. The van der Waals surface area contributed by atoms with E-state index in [1.807, 2.05) is 81.4 Å². The lowest BCUT2D eigenvalue weighted by molar-refractivity contribution is -0.0770. The molecule has 6 nitrogen and oxygen atoms in total. The highest BCUT2D eigenvalue weighted by Gasteiger charge is 2.46. The summed E-state index contributed by atoms with van der Waals surface area (Å²) in [6.07, 6.45) is 2.41. The van der Waals surface area contributed by atoms with Gasteiger partial charge >= 0.3 is 6.09 Å². The number of cyclic esters (lactones) is 1. The number of hydrogen-bond acceptors (Lipinski definition) is 4. The number of benzene rings is 2. The van der Waals surface area contributed by atoms with Crippen LogP contribution in [0.4, 0.5) is 4.79 Å². The first-order chi connectivity index (χ1) is 16.6. The first-order valence-electron chi connectivity index (χ1n) is 11.9. The molecule has 0 spiro atoms. The van der Waals surface area contributed by atoms with Crippen molar-refractivity contribution in [3.8, 4) is 17.2 Å². The number of amides is 1. The number of pyridine rings is 1. The molecule has 6 heteroatoms. The first-order valence-corrected chi connectivity index (χ1v) is 11.9. The number of aromatic nitrogens is 1. The second kappa shape index (κ2) is 9.42. The Labute approximate surface area is 206 Å². The summed E-state index contributed by atoms with van der Waals surface area (Å²) in [7, 11) is 1.72. The quantitative estimate of drug-likeness (QED) is 0.458. The van der Waals surface area contributed by atoms with E-state index < -0.39 is 11.0 Å². The van der Waals surface area contributed by atoms with Gasteiger partial charge in [0.05, 0.1) is 17.5 Å². The number of nitriles is 1. The zero-order chi connectivity index (χ0) is 25.2. The Kier molecular flexibility index (Phi) is 6.53. The second-order valence-electron chi connectivity index (χ2n) is 10.0. The molecule has 1 aliphatic rings. The van der Waals surface area contributed by atoms with Gasteiger partial charge in [0.15, 0.2) is 0 Å². The molecule has 180 valence electrons. The van der Waals surface area contributed by atoms with Crippen molar-refractivity contribution in [1.82, 2.24) is 9.47 Å². The van der Waals surface area contributed by atoms with Crippen LogP contribution in [0.3, 0.4) is 0 Å². The summed E-state index contributed by atoms with van der Waals surface area (Å²) >= 11 is 0. The normalized spacial score (nSPS) is 19.1. The van der Waals surface area contributed by atoms with Gasteiger partial charge < -0.3 is 14.2 Å². The van der Waals surface area contributed by atoms with Crippen molar-refractivity contribution >= 4 is 6.09 Å². The fourth-order valence-corrected chi connectivity index (χ4v) is 4.81. The van der Waals surface area contributed by atoms with Crippen molar-refractivity contribution in [2.24, 2.45) is 12.5 Å². The van der Waals surface area contributed by atoms with Crippen LogP contribution >= 0.6 is 0 Å². The molecule has 3 aromatic rings. The molecule has 0 bridgehead atoms. The van der Waals surface area contributed by atoms with Gasteiger partial charge in [0.2, 0.25) is 0 Å². The van der Waals surface area contributed by atoms with Crippen molar-refractivity contribution in [3.63, 3.8) is 0 Å². The third-order valence-electron chi connectivity index (χ3n) is 6.90. The van der Waals surface area contributed by atoms with Gasteiger partial charge in [0.1, 0.15) is 5.60 Å². The third-order valence-corrected chi connectivity index (χ3v) is 6.90. The summed E-state index contributed by atoms with van der Waals surface area (Å²) in [5.74, 6) is 0. The fraction of sp³-hybridized carbons (Fsp3) is 0.345. The monoisotopic (exact) mass is 469 g/mol. The van der Waals surface area contributed by atoms with Crippen LogP contribution in [0.2, 0.25) is 0 Å². The van der Waals surface area contributed by atoms with Crippen LogP contribution in [0.25, 0.3) is 11.1 Å². The average molecular weight is 470 g/mol. The summed E-state index contributed by atoms with van der Waals surface area (Å²) in [4.78, 5) is 27.0. The van der Waals surface area contributed by atoms with E-state index in [1.54, 1.807) is 24.2 Å². The Hall–Kier alpha value is -3.85.